The molecule has 0 heterocycles. The highest BCUT2D eigenvalue weighted by Gasteiger charge is 1.65. The van der Waals surface area contributed by atoms with Crippen LogP contribution in [0.2, 0.25) is 0 Å². The number of carbonyl (C=O) groups is 1. The molecule has 0 atom stereocenters. The largest absolute Gasteiger partial charge is 0.481 e. The lowest BCUT2D eigenvalue weighted by Gasteiger charge is -1.59. The van der Waals surface area contributed by atoms with Crippen LogP contribution in [-0.2, 0) is 4.79 Å². The van der Waals surface area contributed by atoms with E-state index in [1.165, 1.54) is 0 Å². The minimum Gasteiger partial charge on any atom is -0.481 e. The number of allylic oxidation sites excluding steroid dienone is 1. The second-order valence-corrected chi connectivity index (χ2v) is 0.927. The van der Waals surface area contributed by atoms with Crippen molar-refractivity contribution in [3.8, 4) is 0 Å². The Hall–Kier alpha value is -0.790. The van der Waals surface area contributed by atoms with E-state index in [9.17, 15) is 0 Å². The minimum absolute atomic E-state index is 0.833. The Morgan fingerprint density at radius 3 is 1.86 bits per heavy atom. The summed E-state index contributed by atoms with van der Waals surface area (Å²) in [5.74, 6) is -0.833. The zero-order valence-corrected chi connectivity index (χ0v) is 4.64. The maximum absolute atomic E-state index is 9.00. The van der Waals surface area contributed by atoms with E-state index in [2.05, 4.69) is 6.58 Å². The molecule has 0 unspecified atom stereocenters. The van der Waals surface area contributed by atoms with Crippen molar-refractivity contribution in [1.82, 2.24) is 0 Å². The summed E-state index contributed by atoms with van der Waals surface area (Å²) in [6.45, 7) is 6.33. The Kier molecular flexibility index (Phi) is 12.2. The number of hydrogen-bond acceptors (Lipinski definition) is 1. The lowest BCUT2D eigenvalue weighted by atomic mass is 10.8. The Balaban J connectivity index is 0. The Morgan fingerprint density at radius 1 is 1.86 bits per heavy atom. The van der Waals surface area contributed by atoms with Crippen LogP contribution >= 0.6 is 0 Å². The highest BCUT2D eigenvalue weighted by atomic mass is 16.4. The third-order valence-electron chi connectivity index (χ3n) is 0. The van der Waals surface area contributed by atoms with Gasteiger partial charge in [-0.25, -0.2) is 0 Å². The van der Waals surface area contributed by atoms with Gasteiger partial charge in [0, 0.05) is 6.92 Å². The van der Waals surface area contributed by atoms with Crippen molar-refractivity contribution in [3.05, 3.63) is 12.7 Å². The number of carboxylic acids is 1. The van der Waals surface area contributed by atoms with Gasteiger partial charge in [-0.3, -0.25) is 4.79 Å². The molecule has 0 radical (unpaired) electrons. The van der Waals surface area contributed by atoms with Crippen LogP contribution in [0.25, 0.3) is 0 Å². The van der Waals surface area contributed by atoms with Crippen molar-refractivity contribution < 1.29 is 9.90 Å². The molecule has 0 aromatic rings. The van der Waals surface area contributed by atoms with Gasteiger partial charge in [-0.2, -0.15) is 0 Å². The van der Waals surface area contributed by atoms with Gasteiger partial charge < -0.3 is 5.11 Å². The van der Waals surface area contributed by atoms with Gasteiger partial charge >= 0.3 is 0 Å². The van der Waals surface area contributed by atoms with Gasteiger partial charge in [-0.1, -0.05) is 6.08 Å². The van der Waals surface area contributed by atoms with Gasteiger partial charge in [0.15, 0.2) is 0 Å². The zero-order valence-electron chi connectivity index (χ0n) is 4.64. The van der Waals surface area contributed by atoms with E-state index in [-0.39, 0.29) is 0 Å². The van der Waals surface area contributed by atoms with Gasteiger partial charge in [-0.05, 0) is 6.92 Å². The predicted octanol–water partition coefficient (Wildman–Crippen LogP) is 1.28. The van der Waals surface area contributed by atoms with E-state index in [0.717, 1.165) is 6.92 Å². The number of carboxylic acid groups (broad SMARTS) is 1. The van der Waals surface area contributed by atoms with Crippen LogP contribution in [0, 0.1) is 0 Å². The molecule has 7 heavy (non-hydrogen) atoms. The minimum atomic E-state index is -0.833. The van der Waals surface area contributed by atoms with Crippen LogP contribution in [0.4, 0.5) is 0 Å². The van der Waals surface area contributed by atoms with Crippen LogP contribution in [0.1, 0.15) is 13.8 Å². The first-order valence-electron chi connectivity index (χ1n) is 1.91. The fourth-order valence-corrected chi connectivity index (χ4v) is 0. The second-order valence-electron chi connectivity index (χ2n) is 0.927. The van der Waals surface area contributed by atoms with Gasteiger partial charge in [0.1, 0.15) is 0 Å². The summed E-state index contributed by atoms with van der Waals surface area (Å²) in [7, 11) is 0. The lowest BCUT2D eigenvalue weighted by molar-refractivity contribution is -0.134. The summed E-state index contributed by atoms with van der Waals surface area (Å²) in [5.41, 5.74) is 0. The molecule has 2 nitrogen and oxygen atoms in total. The molecule has 0 bridgehead atoms. The van der Waals surface area contributed by atoms with Crippen molar-refractivity contribution in [2.75, 3.05) is 0 Å². The van der Waals surface area contributed by atoms with Crippen LogP contribution in [-0.4, -0.2) is 11.1 Å². The van der Waals surface area contributed by atoms with Crippen molar-refractivity contribution >= 4 is 5.97 Å². The average Bonchev–Trinajstić information content (AvgIpc) is 1.33. The number of hydrogen-bond donors (Lipinski definition) is 1. The molecular formula is C5H10O2. The summed E-state index contributed by atoms with van der Waals surface area (Å²) < 4.78 is 0. The first kappa shape index (κ1) is 9.51. The smallest absolute Gasteiger partial charge is 0.300 e. The van der Waals surface area contributed by atoms with Crippen molar-refractivity contribution in [2.24, 2.45) is 0 Å². The summed E-state index contributed by atoms with van der Waals surface area (Å²) in [6.07, 6.45) is 1.75. The van der Waals surface area contributed by atoms with E-state index in [4.69, 9.17) is 9.90 Å². The predicted molar refractivity (Wildman–Crippen MR) is 29.2 cm³/mol. The summed E-state index contributed by atoms with van der Waals surface area (Å²) in [6, 6.07) is 0. The highest BCUT2D eigenvalue weighted by Crippen LogP contribution is 1.42. The van der Waals surface area contributed by atoms with Crippen LogP contribution in [0.5, 0.6) is 0 Å². The fourth-order valence-electron chi connectivity index (χ4n) is 0. The number of rotatable bonds is 0. The lowest BCUT2D eigenvalue weighted by Crippen LogP contribution is -1.78. The molecule has 0 aliphatic heterocycles. The normalized spacial score (nSPS) is 5.43. The summed E-state index contributed by atoms with van der Waals surface area (Å²) >= 11 is 0. The molecular weight excluding hydrogens is 92.1 g/mol. The average molecular weight is 102 g/mol. The molecule has 2 heteroatoms. The standard InChI is InChI=1S/C3H6.C2H4O2/c1-3-2;1-2(3)4/h3H,1H2,2H3;1H3,(H,3,4). The maximum atomic E-state index is 9.00. The molecule has 42 valence electrons. The van der Waals surface area contributed by atoms with Gasteiger partial charge in [0.05, 0.1) is 0 Å². The summed E-state index contributed by atoms with van der Waals surface area (Å²) in [4.78, 5) is 9.00. The van der Waals surface area contributed by atoms with Crippen molar-refractivity contribution in [3.63, 3.8) is 0 Å². The Bertz CT molecular complexity index is 53.1. The maximum Gasteiger partial charge on any atom is 0.300 e. The van der Waals surface area contributed by atoms with Crippen LogP contribution in [0.3, 0.4) is 0 Å². The van der Waals surface area contributed by atoms with Crippen LogP contribution < -0.4 is 0 Å². The molecule has 0 fully saturated rings. The molecule has 0 spiro atoms. The van der Waals surface area contributed by atoms with E-state index in [1.807, 2.05) is 6.92 Å². The van der Waals surface area contributed by atoms with Gasteiger partial charge in [0.25, 0.3) is 5.97 Å². The molecule has 0 amide bonds. The van der Waals surface area contributed by atoms with E-state index in [1.54, 1.807) is 6.08 Å². The number of aliphatic carboxylic acids is 1. The molecule has 1 N–H and O–H groups in total. The van der Waals surface area contributed by atoms with E-state index >= 15 is 0 Å². The molecule has 0 saturated heterocycles. The molecule has 0 rings (SSSR count). The molecule has 0 aliphatic carbocycles. The third-order valence-corrected chi connectivity index (χ3v) is 0. The zero-order chi connectivity index (χ0) is 6.28. The van der Waals surface area contributed by atoms with Gasteiger partial charge in [-0.15, -0.1) is 6.58 Å². The Morgan fingerprint density at radius 2 is 1.86 bits per heavy atom. The van der Waals surface area contributed by atoms with Crippen molar-refractivity contribution in [2.45, 2.75) is 13.8 Å². The SMILES string of the molecule is C=CC.CC(=O)O. The Labute approximate surface area is 43.5 Å². The first-order chi connectivity index (χ1) is 3.15. The van der Waals surface area contributed by atoms with Gasteiger partial charge in [0.2, 0.25) is 0 Å². The quantitative estimate of drug-likeness (QED) is 0.468. The van der Waals surface area contributed by atoms with Crippen LogP contribution in [0.15, 0.2) is 12.7 Å². The highest BCUT2D eigenvalue weighted by molar-refractivity contribution is 5.62. The topological polar surface area (TPSA) is 37.3 Å². The first-order valence-corrected chi connectivity index (χ1v) is 1.91. The molecule has 0 aromatic heterocycles. The van der Waals surface area contributed by atoms with Crippen molar-refractivity contribution in [1.29, 1.82) is 0 Å². The van der Waals surface area contributed by atoms with E-state index in [0.29, 0.717) is 0 Å². The monoisotopic (exact) mass is 102 g/mol. The third kappa shape index (κ3) is 86.0. The molecule has 0 aliphatic rings. The summed E-state index contributed by atoms with van der Waals surface area (Å²) in [5, 5.41) is 7.42. The fraction of sp³-hybridized carbons (Fsp3) is 0.400. The second kappa shape index (κ2) is 8.96. The molecule has 0 aromatic carbocycles. The van der Waals surface area contributed by atoms with E-state index < -0.39 is 5.97 Å². The molecule has 0 saturated carbocycles.